The van der Waals surface area contributed by atoms with Crippen LogP contribution in [0.15, 0.2) is 11.4 Å². The van der Waals surface area contributed by atoms with Gasteiger partial charge in [0.05, 0.1) is 5.00 Å². The number of nitrogens with one attached hydrogen (secondary N) is 1. The van der Waals surface area contributed by atoms with Crippen molar-refractivity contribution in [1.29, 1.82) is 0 Å². The molecule has 1 aromatic rings. The van der Waals surface area contributed by atoms with Crippen LogP contribution in [0.5, 0.6) is 0 Å². The summed E-state index contributed by atoms with van der Waals surface area (Å²) >= 11 is 1.57. The minimum Gasteiger partial charge on any atom is -0.317 e. The van der Waals surface area contributed by atoms with Crippen LogP contribution in [0.1, 0.15) is 25.8 Å². The smallest absolute Gasteiger partial charge is 0.225 e. The van der Waals surface area contributed by atoms with E-state index in [9.17, 15) is 4.79 Å². The lowest BCUT2D eigenvalue weighted by molar-refractivity contribution is -0.116. The van der Waals surface area contributed by atoms with E-state index in [0.717, 1.165) is 10.6 Å². The standard InChI is InChI=1S/C10H15NOS/c1-7(2)6-9(12)11-10-8(3)4-5-13-10/h4-5,7H,6H2,1-3H3,(H,11,12). The number of hydrogen-bond donors (Lipinski definition) is 1. The minimum absolute atomic E-state index is 0.112. The number of carbonyl (C=O) groups excluding carboxylic acids is 1. The molecule has 1 amide bonds. The fraction of sp³-hybridized carbons (Fsp3) is 0.500. The predicted molar refractivity (Wildman–Crippen MR) is 57.1 cm³/mol. The Kier molecular flexibility index (Phi) is 3.48. The molecule has 0 saturated heterocycles. The largest absolute Gasteiger partial charge is 0.317 e. The van der Waals surface area contributed by atoms with Gasteiger partial charge in [-0.15, -0.1) is 11.3 Å². The van der Waals surface area contributed by atoms with Crippen LogP contribution >= 0.6 is 11.3 Å². The van der Waals surface area contributed by atoms with Gasteiger partial charge in [0.2, 0.25) is 5.91 Å². The van der Waals surface area contributed by atoms with Crippen molar-refractivity contribution in [3.8, 4) is 0 Å². The maximum absolute atomic E-state index is 11.4. The van der Waals surface area contributed by atoms with Gasteiger partial charge in [-0.05, 0) is 29.9 Å². The highest BCUT2D eigenvalue weighted by Crippen LogP contribution is 2.22. The molecular formula is C10H15NOS. The second-order valence-electron chi connectivity index (χ2n) is 3.58. The summed E-state index contributed by atoms with van der Waals surface area (Å²) in [6.07, 6.45) is 0.595. The van der Waals surface area contributed by atoms with Crippen LogP contribution in [-0.2, 0) is 4.79 Å². The second-order valence-corrected chi connectivity index (χ2v) is 4.50. The quantitative estimate of drug-likeness (QED) is 0.792. The van der Waals surface area contributed by atoms with Crippen LogP contribution < -0.4 is 5.32 Å². The molecule has 72 valence electrons. The fourth-order valence-electron chi connectivity index (χ4n) is 1.05. The van der Waals surface area contributed by atoms with Crippen molar-refractivity contribution in [2.24, 2.45) is 5.92 Å². The molecule has 0 atom stereocenters. The molecule has 0 unspecified atom stereocenters. The topological polar surface area (TPSA) is 29.1 Å². The monoisotopic (exact) mass is 197 g/mol. The van der Waals surface area contributed by atoms with E-state index in [0.29, 0.717) is 12.3 Å². The first-order valence-electron chi connectivity index (χ1n) is 4.43. The fourth-order valence-corrected chi connectivity index (χ4v) is 1.88. The average molecular weight is 197 g/mol. The summed E-state index contributed by atoms with van der Waals surface area (Å²) in [5.74, 6) is 0.529. The first-order chi connectivity index (χ1) is 6.09. The number of thiophene rings is 1. The summed E-state index contributed by atoms with van der Waals surface area (Å²) in [4.78, 5) is 11.4. The Morgan fingerprint density at radius 3 is 2.77 bits per heavy atom. The molecule has 13 heavy (non-hydrogen) atoms. The van der Waals surface area contributed by atoms with Crippen molar-refractivity contribution in [1.82, 2.24) is 0 Å². The predicted octanol–water partition coefficient (Wildman–Crippen LogP) is 3.04. The van der Waals surface area contributed by atoms with Crippen molar-refractivity contribution >= 4 is 22.2 Å². The lowest BCUT2D eigenvalue weighted by atomic mass is 10.1. The Morgan fingerprint density at radius 1 is 1.62 bits per heavy atom. The van der Waals surface area contributed by atoms with E-state index < -0.39 is 0 Å². The Hall–Kier alpha value is -0.830. The maximum Gasteiger partial charge on any atom is 0.225 e. The molecule has 1 aromatic heterocycles. The summed E-state index contributed by atoms with van der Waals surface area (Å²) in [5, 5.41) is 5.86. The molecule has 0 bridgehead atoms. The van der Waals surface area contributed by atoms with Crippen LogP contribution in [0, 0.1) is 12.8 Å². The lowest BCUT2D eigenvalue weighted by Gasteiger charge is -2.05. The third-order valence-electron chi connectivity index (χ3n) is 1.71. The van der Waals surface area contributed by atoms with Gasteiger partial charge in [0, 0.05) is 6.42 Å². The van der Waals surface area contributed by atoms with E-state index in [-0.39, 0.29) is 5.91 Å². The van der Waals surface area contributed by atoms with Gasteiger partial charge in [0.25, 0.3) is 0 Å². The van der Waals surface area contributed by atoms with Crippen molar-refractivity contribution in [2.75, 3.05) is 5.32 Å². The minimum atomic E-state index is 0.112. The van der Waals surface area contributed by atoms with Gasteiger partial charge in [-0.1, -0.05) is 13.8 Å². The zero-order chi connectivity index (χ0) is 9.84. The first kappa shape index (κ1) is 10.3. The number of hydrogen-bond acceptors (Lipinski definition) is 2. The summed E-state index contributed by atoms with van der Waals surface area (Å²) in [7, 11) is 0. The Labute approximate surface area is 83.0 Å². The normalized spacial score (nSPS) is 10.5. The van der Waals surface area contributed by atoms with E-state index in [1.54, 1.807) is 11.3 Å². The zero-order valence-electron chi connectivity index (χ0n) is 8.26. The molecule has 1 N–H and O–H groups in total. The third-order valence-corrected chi connectivity index (χ3v) is 2.64. The highest BCUT2D eigenvalue weighted by atomic mass is 32.1. The molecule has 0 aromatic carbocycles. The van der Waals surface area contributed by atoms with Gasteiger partial charge in [-0.3, -0.25) is 4.79 Å². The van der Waals surface area contributed by atoms with Gasteiger partial charge in [0.15, 0.2) is 0 Å². The van der Waals surface area contributed by atoms with E-state index in [1.165, 1.54) is 0 Å². The van der Waals surface area contributed by atoms with Crippen LogP contribution in [-0.4, -0.2) is 5.91 Å². The zero-order valence-corrected chi connectivity index (χ0v) is 9.07. The molecular weight excluding hydrogens is 182 g/mol. The molecule has 0 spiro atoms. The second kappa shape index (κ2) is 4.42. The molecule has 0 aliphatic rings. The van der Waals surface area contributed by atoms with Gasteiger partial charge >= 0.3 is 0 Å². The van der Waals surface area contributed by atoms with Crippen molar-refractivity contribution in [3.63, 3.8) is 0 Å². The van der Waals surface area contributed by atoms with Crippen molar-refractivity contribution in [2.45, 2.75) is 27.2 Å². The molecule has 3 heteroatoms. The summed E-state index contributed by atoms with van der Waals surface area (Å²) in [5.41, 5.74) is 1.14. The molecule has 0 aliphatic carbocycles. The number of rotatable bonds is 3. The SMILES string of the molecule is Cc1ccsc1NC(=O)CC(C)C. The van der Waals surface area contributed by atoms with Crippen LogP contribution in [0.4, 0.5) is 5.00 Å². The average Bonchev–Trinajstić information content (AvgIpc) is 2.34. The number of amides is 1. The first-order valence-corrected chi connectivity index (χ1v) is 5.31. The lowest BCUT2D eigenvalue weighted by Crippen LogP contribution is -2.13. The maximum atomic E-state index is 11.4. The Morgan fingerprint density at radius 2 is 2.31 bits per heavy atom. The van der Waals surface area contributed by atoms with Gasteiger partial charge < -0.3 is 5.32 Å². The van der Waals surface area contributed by atoms with E-state index >= 15 is 0 Å². The molecule has 1 rings (SSSR count). The highest BCUT2D eigenvalue weighted by Gasteiger charge is 2.07. The van der Waals surface area contributed by atoms with Gasteiger partial charge in [-0.25, -0.2) is 0 Å². The van der Waals surface area contributed by atoms with Crippen molar-refractivity contribution in [3.05, 3.63) is 17.0 Å². The van der Waals surface area contributed by atoms with Crippen LogP contribution in [0.3, 0.4) is 0 Å². The van der Waals surface area contributed by atoms with E-state index in [4.69, 9.17) is 0 Å². The Balaban J connectivity index is 2.50. The molecule has 1 heterocycles. The van der Waals surface area contributed by atoms with Crippen LogP contribution in [0.25, 0.3) is 0 Å². The number of aryl methyl sites for hydroxylation is 1. The summed E-state index contributed by atoms with van der Waals surface area (Å²) < 4.78 is 0. The van der Waals surface area contributed by atoms with Crippen molar-refractivity contribution < 1.29 is 4.79 Å². The van der Waals surface area contributed by atoms with Crippen LogP contribution in [0.2, 0.25) is 0 Å². The molecule has 0 aliphatic heterocycles. The Bertz CT molecular complexity index is 291. The molecule has 0 radical (unpaired) electrons. The highest BCUT2D eigenvalue weighted by molar-refractivity contribution is 7.14. The third kappa shape index (κ3) is 3.19. The number of carbonyl (C=O) groups is 1. The summed E-state index contributed by atoms with van der Waals surface area (Å²) in [6, 6.07) is 2.01. The molecule has 2 nitrogen and oxygen atoms in total. The number of anilines is 1. The van der Waals surface area contributed by atoms with Gasteiger partial charge in [-0.2, -0.15) is 0 Å². The van der Waals surface area contributed by atoms with E-state index in [2.05, 4.69) is 5.32 Å². The molecule has 0 saturated carbocycles. The molecule has 0 fully saturated rings. The van der Waals surface area contributed by atoms with Gasteiger partial charge in [0.1, 0.15) is 0 Å². The summed E-state index contributed by atoms with van der Waals surface area (Å²) in [6.45, 7) is 6.09. The van der Waals surface area contributed by atoms with E-state index in [1.807, 2.05) is 32.2 Å².